The van der Waals surface area contributed by atoms with Gasteiger partial charge in [0.2, 0.25) is 0 Å². The molecule has 1 rings (SSSR count). The number of carbonyl (C=O) groups is 1. The topological polar surface area (TPSA) is 68.2 Å². The molecule has 78 valence electrons. The summed E-state index contributed by atoms with van der Waals surface area (Å²) in [6, 6.07) is 1.93. The van der Waals surface area contributed by atoms with E-state index in [-0.39, 0.29) is 6.04 Å². The third kappa shape index (κ3) is 1.96. The first-order chi connectivity index (χ1) is 6.43. The van der Waals surface area contributed by atoms with Crippen LogP contribution >= 0.6 is 0 Å². The summed E-state index contributed by atoms with van der Waals surface area (Å²) in [4.78, 5) is 10.9. The summed E-state index contributed by atoms with van der Waals surface area (Å²) >= 11 is 0. The number of aromatic carboxylic acids is 1. The number of hydrogen-bond donors (Lipinski definition) is 2. The van der Waals surface area contributed by atoms with Crippen LogP contribution in [0.4, 0.5) is 0 Å². The minimum atomic E-state index is -0.888. The SMILES string of the molecule is Cc1cc(CC(C)N)n(C)c1C(=O)O. The number of nitrogens with two attached hydrogens (primary N) is 1. The third-order valence-electron chi connectivity index (χ3n) is 2.26. The monoisotopic (exact) mass is 196 g/mol. The van der Waals surface area contributed by atoms with E-state index in [0.29, 0.717) is 12.1 Å². The van der Waals surface area contributed by atoms with Crippen molar-refractivity contribution in [2.45, 2.75) is 26.3 Å². The molecule has 1 heterocycles. The number of nitrogens with zero attached hydrogens (tertiary/aromatic N) is 1. The van der Waals surface area contributed by atoms with E-state index in [0.717, 1.165) is 11.3 Å². The largest absolute Gasteiger partial charge is 0.477 e. The standard InChI is InChI=1S/C10H16N2O2/c1-6-4-8(5-7(2)11)12(3)9(6)10(13)14/h4,7H,5,11H2,1-3H3,(H,13,14). The van der Waals surface area contributed by atoms with Gasteiger partial charge < -0.3 is 15.4 Å². The Morgan fingerprint density at radius 1 is 1.71 bits per heavy atom. The smallest absolute Gasteiger partial charge is 0.352 e. The Morgan fingerprint density at radius 2 is 2.29 bits per heavy atom. The van der Waals surface area contributed by atoms with Crippen LogP contribution < -0.4 is 5.73 Å². The molecule has 4 nitrogen and oxygen atoms in total. The van der Waals surface area contributed by atoms with Crippen LogP contribution in [0.25, 0.3) is 0 Å². The van der Waals surface area contributed by atoms with Gasteiger partial charge in [-0.05, 0) is 25.5 Å². The van der Waals surface area contributed by atoms with Crippen molar-refractivity contribution in [1.82, 2.24) is 4.57 Å². The molecule has 0 amide bonds. The highest BCUT2D eigenvalue weighted by Crippen LogP contribution is 2.15. The molecule has 0 aromatic carbocycles. The van der Waals surface area contributed by atoms with Gasteiger partial charge in [0.05, 0.1) is 0 Å². The van der Waals surface area contributed by atoms with Crippen molar-refractivity contribution in [3.63, 3.8) is 0 Å². The van der Waals surface area contributed by atoms with Crippen molar-refractivity contribution in [1.29, 1.82) is 0 Å². The van der Waals surface area contributed by atoms with Gasteiger partial charge in [-0.2, -0.15) is 0 Å². The summed E-state index contributed by atoms with van der Waals surface area (Å²) in [6.07, 6.45) is 0.699. The van der Waals surface area contributed by atoms with Gasteiger partial charge >= 0.3 is 5.97 Å². The molecule has 1 atom stereocenters. The molecular formula is C10H16N2O2. The van der Waals surface area contributed by atoms with Gasteiger partial charge in [0, 0.05) is 25.2 Å². The van der Waals surface area contributed by atoms with Gasteiger partial charge in [0.25, 0.3) is 0 Å². The van der Waals surface area contributed by atoms with Crippen LogP contribution in [0.1, 0.15) is 28.7 Å². The zero-order valence-corrected chi connectivity index (χ0v) is 8.74. The second kappa shape index (κ2) is 3.84. The van der Waals surface area contributed by atoms with Crippen molar-refractivity contribution in [3.8, 4) is 0 Å². The van der Waals surface area contributed by atoms with E-state index in [9.17, 15) is 4.79 Å². The molecule has 0 fully saturated rings. The summed E-state index contributed by atoms with van der Waals surface area (Å²) in [5.41, 5.74) is 7.77. The normalized spacial score (nSPS) is 12.9. The zero-order chi connectivity index (χ0) is 10.9. The number of carboxylic acids is 1. The van der Waals surface area contributed by atoms with Gasteiger partial charge in [-0.3, -0.25) is 0 Å². The lowest BCUT2D eigenvalue weighted by Crippen LogP contribution is -2.20. The highest BCUT2D eigenvalue weighted by molar-refractivity contribution is 5.87. The first-order valence-electron chi connectivity index (χ1n) is 4.57. The fourth-order valence-electron chi connectivity index (χ4n) is 1.66. The lowest BCUT2D eigenvalue weighted by atomic mass is 10.2. The summed E-state index contributed by atoms with van der Waals surface area (Å²) in [6.45, 7) is 3.71. The number of rotatable bonds is 3. The van der Waals surface area contributed by atoms with E-state index in [1.54, 1.807) is 18.5 Å². The molecule has 0 aliphatic heterocycles. The molecule has 4 heteroatoms. The van der Waals surface area contributed by atoms with Crippen molar-refractivity contribution in [3.05, 3.63) is 23.0 Å². The Kier molecular flexibility index (Phi) is 2.96. The minimum absolute atomic E-state index is 0.0460. The number of aromatic nitrogens is 1. The summed E-state index contributed by atoms with van der Waals surface area (Å²) < 4.78 is 1.70. The number of hydrogen-bond acceptors (Lipinski definition) is 2. The van der Waals surface area contributed by atoms with Gasteiger partial charge in [0.15, 0.2) is 0 Å². The lowest BCUT2D eigenvalue weighted by Gasteiger charge is -2.07. The lowest BCUT2D eigenvalue weighted by molar-refractivity contribution is 0.0685. The molecule has 0 bridgehead atoms. The average molecular weight is 196 g/mol. The first kappa shape index (κ1) is 10.8. The van der Waals surface area contributed by atoms with Gasteiger partial charge in [-0.15, -0.1) is 0 Å². The number of aryl methyl sites for hydroxylation is 1. The Bertz CT molecular complexity index is 353. The predicted octanol–water partition coefficient (Wildman–Crippen LogP) is 0.921. The average Bonchev–Trinajstić information content (AvgIpc) is 2.25. The maximum Gasteiger partial charge on any atom is 0.352 e. The Labute approximate surface area is 83.3 Å². The second-order valence-corrected chi connectivity index (χ2v) is 3.71. The van der Waals surface area contributed by atoms with Crippen molar-refractivity contribution < 1.29 is 9.90 Å². The summed E-state index contributed by atoms with van der Waals surface area (Å²) in [7, 11) is 1.76. The van der Waals surface area contributed by atoms with E-state index in [2.05, 4.69) is 0 Å². The van der Waals surface area contributed by atoms with Crippen LogP contribution in [0, 0.1) is 6.92 Å². The molecule has 1 aromatic heterocycles. The van der Waals surface area contributed by atoms with E-state index in [4.69, 9.17) is 10.8 Å². The zero-order valence-electron chi connectivity index (χ0n) is 8.74. The fraction of sp³-hybridized carbons (Fsp3) is 0.500. The second-order valence-electron chi connectivity index (χ2n) is 3.71. The number of carboxylic acid groups (broad SMARTS) is 1. The maximum atomic E-state index is 10.9. The van der Waals surface area contributed by atoms with Gasteiger partial charge in [-0.1, -0.05) is 0 Å². The Balaban J connectivity index is 3.10. The summed E-state index contributed by atoms with van der Waals surface area (Å²) in [5.74, 6) is -0.888. The van der Waals surface area contributed by atoms with E-state index in [1.165, 1.54) is 0 Å². The van der Waals surface area contributed by atoms with Crippen molar-refractivity contribution in [2.75, 3.05) is 0 Å². The molecule has 3 N–H and O–H groups in total. The molecule has 0 radical (unpaired) electrons. The molecule has 0 aliphatic rings. The van der Waals surface area contributed by atoms with E-state index >= 15 is 0 Å². The Hall–Kier alpha value is -1.29. The summed E-state index contributed by atoms with van der Waals surface area (Å²) in [5, 5.41) is 8.94. The van der Waals surface area contributed by atoms with Gasteiger partial charge in [-0.25, -0.2) is 4.79 Å². The maximum absolute atomic E-state index is 10.9. The molecule has 14 heavy (non-hydrogen) atoms. The molecular weight excluding hydrogens is 180 g/mol. The van der Waals surface area contributed by atoms with Gasteiger partial charge in [0.1, 0.15) is 5.69 Å². The predicted molar refractivity (Wildman–Crippen MR) is 54.5 cm³/mol. The van der Waals surface area contributed by atoms with Crippen LogP contribution in [0.3, 0.4) is 0 Å². The Morgan fingerprint density at radius 3 is 2.64 bits per heavy atom. The van der Waals surface area contributed by atoms with E-state index in [1.807, 2.05) is 13.0 Å². The van der Waals surface area contributed by atoms with Crippen LogP contribution in [0.15, 0.2) is 6.07 Å². The van der Waals surface area contributed by atoms with Crippen LogP contribution in [-0.2, 0) is 13.5 Å². The van der Waals surface area contributed by atoms with Crippen LogP contribution in [-0.4, -0.2) is 21.7 Å². The van der Waals surface area contributed by atoms with Crippen molar-refractivity contribution in [2.24, 2.45) is 12.8 Å². The minimum Gasteiger partial charge on any atom is -0.477 e. The highest BCUT2D eigenvalue weighted by Gasteiger charge is 2.15. The molecule has 0 aliphatic carbocycles. The quantitative estimate of drug-likeness (QED) is 0.755. The van der Waals surface area contributed by atoms with Crippen LogP contribution in [0.2, 0.25) is 0 Å². The molecule has 0 saturated heterocycles. The third-order valence-corrected chi connectivity index (χ3v) is 2.26. The molecule has 0 saturated carbocycles. The van der Waals surface area contributed by atoms with Crippen molar-refractivity contribution >= 4 is 5.97 Å². The first-order valence-corrected chi connectivity index (χ1v) is 4.57. The highest BCUT2D eigenvalue weighted by atomic mass is 16.4. The molecule has 1 unspecified atom stereocenters. The molecule has 1 aromatic rings. The van der Waals surface area contributed by atoms with Crippen LogP contribution in [0.5, 0.6) is 0 Å². The van der Waals surface area contributed by atoms with E-state index < -0.39 is 5.97 Å². The molecule has 0 spiro atoms. The fourth-order valence-corrected chi connectivity index (χ4v) is 1.66.